The number of amides is 1. The van der Waals surface area contributed by atoms with Gasteiger partial charge in [-0.3, -0.25) is 14.3 Å². The zero-order valence-electron chi connectivity index (χ0n) is 14.9. The Morgan fingerprint density at radius 1 is 0.963 bits per heavy atom. The Hall–Kier alpha value is -3.07. The molecule has 0 aliphatic carbocycles. The van der Waals surface area contributed by atoms with Gasteiger partial charge in [-0.15, -0.1) is 0 Å². The highest BCUT2D eigenvalue weighted by molar-refractivity contribution is 7.92. The van der Waals surface area contributed by atoms with Gasteiger partial charge in [0.25, 0.3) is 10.0 Å². The van der Waals surface area contributed by atoms with Crippen LogP contribution in [0.1, 0.15) is 13.3 Å². The first-order chi connectivity index (χ1) is 12.8. The highest BCUT2D eigenvalue weighted by Gasteiger charge is 2.15. The molecule has 0 spiro atoms. The lowest BCUT2D eigenvalue weighted by Crippen LogP contribution is -2.17. The zero-order chi connectivity index (χ0) is 19.9. The predicted octanol–water partition coefficient (Wildman–Crippen LogP) is 2.39. The van der Waals surface area contributed by atoms with E-state index in [9.17, 15) is 18.0 Å². The van der Waals surface area contributed by atoms with E-state index in [-0.39, 0.29) is 4.90 Å². The Labute approximate surface area is 157 Å². The van der Waals surface area contributed by atoms with Crippen molar-refractivity contribution in [2.45, 2.75) is 18.2 Å². The molecule has 8 nitrogen and oxygen atoms in total. The van der Waals surface area contributed by atoms with Gasteiger partial charge >= 0.3 is 5.97 Å². The molecule has 2 N–H and O–H groups in total. The van der Waals surface area contributed by atoms with Crippen molar-refractivity contribution in [3.05, 3.63) is 48.5 Å². The summed E-state index contributed by atoms with van der Waals surface area (Å²) < 4.78 is 37.1. The molecule has 0 fully saturated rings. The number of nitrogens with one attached hydrogen (secondary N) is 2. The summed E-state index contributed by atoms with van der Waals surface area (Å²) in [7, 11) is -2.60. The van der Waals surface area contributed by atoms with Crippen molar-refractivity contribution in [2.24, 2.45) is 0 Å². The average molecular weight is 392 g/mol. The number of carbonyl (C=O) groups is 2. The van der Waals surface area contributed by atoms with E-state index in [1.807, 2.05) is 6.92 Å². The van der Waals surface area contributed by atoms with E-state index < -0.39 is 28.3 Å². The summed E-state index contributed by atoms with van der Waals surface area (Å²) in [6.07, 6.45) is -0.421. The van der Waals surface area contributed by atoms with Crippen molar-refractivity contribution in [3.63, 3.8) is 0 Å². The number of ether oxygens (including phenoxy) is 2. The van der Waals surface area contributed by atoms with Gasteiger partial charge in [0.1, 0.15) is 12.2 Å². The minimum atomic E-state index is -3.78. The van der Waals surface area contributed by atoms with Crippen LogP contribution in [-0.4, -0.2) is 34.0 Å². The Bertz CT molecular complexity index is 892. The van der Waals surface area contributed by atoms with Crippen LogP contribution in [-0.2, 0) is 24.3 Å². The standard InChI is InChI=1S/C18H20N2O6S/c1-3-26-15-8-4-14(5-9-15)20-27(23,24)16-10-6-13(7-11-16)19-17(21)12-18(22)25-2/h4-11,20H,3,12H2,1-2H3,(H,19,21). The normalized spacial score (nSPS) is 10.7. The molecule has 9 heteroatoms. The number of hydrogen-bond acceptors (Lipinski definition) is 6. The molecule has 0 radical (unpaired) electrons. The van der Waals surface area contributed by atoms with E-state index in [0.29, 0.717) is 23.7 Å². The van der Waals surface area contributed by atoms with Crippen molar-refractivity contribution in [1.82, 2.24) is 0 Å². The summed E-state index contributed by atoms with van der Waals surface area (Å²) in [4.78, 5) is 22.7. The van der Waals surface area contributed by atoms with Gasteiger partial charge in [0.15, 0.2) is 0 Å². The van der Waals surface area contributed by atoms with Crippen molar-refractivity contribution in [1.29, 1.82) is 0 Å². The lowest BCUT2D eigenvalue weighted by atomic mass is 10.3. The van der Waals surface area contributed by atoms with Crippen molar-refractivity contribution in [3.8, 4) is 5.75 Å². The molecule has 0 saturated carbocycles. The number of benzene rings is 2. The fourth-order valence-electron chi connectivity index (χ4n) is 2.13. The summed E-state index contributed by atoms with van der Waals surface area (Å²) in [6.45, 7) is 2.38. The molecule has 0 aliphatic heterocycles. The largest absolute Gasteiger partial charge is 0.494 e. The molecule has 0 saturated heterocycles. The lowest BCUT2D eigenvalue weighted by Gasteiger charge is -2.10. The maximum atomic E-state index is 12.4. The Kier molecular flexibility index (Phi) is 6.78. The first kappa shape index (κ1) is 20.2. The van der Waals surface area contributed by atoms with Crippen molar-refractivity contribution in [2.75, 3.05) is 23.8 Å². The molecule has 144 valence electrons. The van der Waals surface area contributed by atoms with Gasteiger partial charge in [-0.25, -0.2) is 8.42 Å². The third kappa shape index (κ3) is 6.00. The van der Waals surface area contributed by atoms with Gasteiger partial charge in [0.05, 0.1) is 18.6 Å². The molecule has 0 heterocycles. The summed E-state index contributed by atoms with van der Waals surface area (Å²) in [5, 5.41) is 2.48. The van der Waals surface area contributed by atoms with Gasteiger partial charge < -0.3 is 14.8 Å². The first-order valence-electron chi connectivity index (χ1n) is 8.06. The van der Waals surface area contributed by atoms with Crippen LogP contribution in [0.25, 0.3) is 0 Å². The summed E-state index contributed by atoms with van der Waals surface area (Å²) >= 11 is 0. The molecular formula is C18H20N2O6S. The van der Waals surface area contributed by atoms with Gasteiger partial charge in [-0.2, -0.15) is 0 Å². The van der Waals surface area contributed by atoms with Crippen LogP contribution in [0, 0.1) is 0 Å². The number of hydrogen-bond donors (Lipinski definition) is 2. The molecule has 1 amide bonds. The molecule has 2 aromatic carbocycles. The quantitative estimate of drug-likeness (QED) is 0.527. The Balaban J connectivity index is 2.04. The van der Waals surface area contributed by atoms with Crippen molar-refractivity contribution < 1.29 is 27.5 Å². The smallest absolute Gasteiger partial charge is 0.315 e. The number of methoxy groups -OCH3 is 1. The molecule has 27 heavy (non-hydrogen) atoms. The van der Waals surface area contributed by atoms with Gasteiger partial charge in [0, 0.05) is 11.4 Å². The molecule has 2 rings (SSSR count). The maximum absolute atomic E-state index is 12.4. The van der Waals surface area contributed by atoms with Crippen LogP contribution in [0.2, 0.25) is 0 Å². The number of esters is 1. The van der Waals surface area contributed by atoms with E-state index in [2.05, 4.69) is 14.8 Å². The maximum Gasteiger partial charge on any atom is 0.315 e. The minimum Gasteiger partial charge on any atom is -0.494 e. The summed E-state index contributed by atoms with van der Waals surface area (Å²) in [6, 6.07) is 12.1. The van der Waals surface area contributed by atoms with Gasteiger partial charge in [-0.05, 0) is 55.5 Å². The lowest BCUT2D eigenvalue weighted by molar-refractivity contribution is -0.142. The fourth-order valence-corrected chi connectivity index (χ4v) is 3.18. The van der Waals surface area contributed by atoms with Crippen LogP contribution in [0.4, 0.5) is 11.4 Å². The molecule has 0 unspecified atom stereocenters. The third-order valence-electron chi connectivity index (χ3n) is 3.40. The Morgan fingerprint density at radius 2 is 1.56 bits per heavy atom. The fraction of sp³-hybridized carbons (Fsp3) is 0.222. The predicted molar refractivity (Wildman–Crippen MR) is 100 cm³/mol. The SMILES string of the molecule is CCOc1ccc(NS(=O)(=O)c2ccc(NC(=O)CC(=O)OC)cc2)cc1. The monoisotopic (exact) mass is 392 g/mol. The molecule has 0 aromatic heterocycles. The van der Waals surface area contributed by atoms with E-state index in [1.165, 1.54) is 31.4 Å². The van der Waals surface area contributed by atoms with E-state index in [0.717, 1.165) is 0 Å². The Morgan fingerprint density at radius 3 is 2.11 bits per heavy atom. The van der Waals surface area contributed by atoms with Crippen LogP contribution in [0.5, 0.6) is 5.75 Å². The molecular weight excluding hydrogens is 372 g/mol. The number of carbonyl (C=O) groups excluding carboxylic acids is 2. The highest BCUT2D eigenvalue weighted by Crippen LogP contribution is 2.20. The second-order valence-electron chi connectivity index (χ2n) is 5.39. The molecule has 0 atom stereocenters. The number of sulfonamides is 1. The van der Waals surface area contributed by atoms with E-state index in [1.54, 1.807) is 24.3 Å². The van der Waals surface area contributed by atoms with Crippen LogP contribution >= 0.6 is 0 Å². The first-order valence-corrected chi connectivity index (χ1v) is 9.55. The highest BCUT2D eigenvalue weighted by atomic mass is 32.2. The van der Waals surface area contributed by atoms with Crippen molar-refractivity contribution >= 4 is 33.3 Å². The third-order valence-corrected chi connectivity index (χ3v) is 4.80. The van der Waals surface area contributed by atoms with E-state index in [4.69, 9.17) is 4.74 Å². The van der Waals surface area contributed by atoms with Crippen LogP contribution < -0.4 is 14.8 Å². The molecule has 0 aliphatic rings. The van der Waals surface area contributed by atoms with Crippen LogP contribution in [0.15, 0.2) is 53.4 Å². The second-order valence-corrected chi connectivity index (χ2v) is 7.07. The second kappa shape index (κ2) is 9.04. The summed E-state index contributed by atoms with van der Waals surface area (Å²) in [5.74, 6) is -0.566. The molecule has 2 aromatic rings. The number of rotatable bonds is 8. The van der Waals surface area contributed by atoms with E-state index >= 15 is 0 Å². The molecule has 0 bridgehead atoms. The van der Waals surface area contributed by atoms with Gasteiger partial charge in [-0.1, -0.05) is 0 Å². The van der Waals surface area contributed by atoms with Crippen LogP contribution in [0.3, 0.4) is 0 Å². The zero-order valence-corrected chi connectivity index (χ0v) is 15.7. The summed E-state index contributed by atoms with van der Waals surface area (Å²) in [5.41, 5.74) is 0.762. The minimum absolute atomic E-state index is 0.0300. The topological polar surface area (TPSA) is 111 Å². The average Bonchev–Trinajstić information content (AvgIpc) is 2.63. The number of anilines is 2. The van der Waals surface area contributed by atoms with Gasteiger partial charge in [0.2, 0.25) is 5.91 Å².